The number of likely N-dealkylation sites (tertiary alicyclic amines) is 1. The van der Waals surface area contributed by atoms with E-state index in [-0.39, 0.29) is 6.61 Å². The third-order valence-corrected chi connectivity index (χ3v) is 4.87. The van der Waals surface area contributed by atoms with E-state index in [1.807, 2.05) is 19.9 Å². The second-order valence-electron chi connectivity index (χ2n) is 6.32. The Morgan fingerprint density at radius 2 is 1.83 bits per heavy atom. The summed E-state index contributed by atoms with van der Waals surface area (Å²) in [6.07, 6.45) is 2.25. The quantitative estimate of drug-likeness (QED) is 0.724. The lowest BCUT2D eigenvalue weighted by atomic mass is 9.80. The van der Waals surface area contributed by atoms with Crippen LogP contribution in [0.4, 0.5) is 0 Å². The van der Waals surface area contributed by atoms with E-state index in [1.54, 1.807) is 0 Å². The summed E-state index contributed by atoms with van der Waals surface area (Å²) in [6.45, 7) is 8.95. The Morgan fingerprint density at radius 3 is 2.42 bits per heavy atom. The molecule has 0 amide bonds. The van der Waals surface area contributed by atoms with Gasteiger partial charge < -0.3 is 25.2 Å². The van der Waals surface area contributed by atoms with Gasteiger partial charge in [-0.15, -0.1) is 0 Å². The van der Waals surface area contributed by atoms with Crippen molar-refractivity contribution in [2.45, 2.75) is 32.6 Å². The Labute approximate surface area is 145 Å². The topological polar surface area (TPSA) is 68.0 Å². The largest absolute Gasteiger partial charge is 0.490 e. The van der Waals surface area contributed by atoms with Gasteiger partial charge in [-0.25, -0.2) is 0 Å². The Bertz CT molecular complexity index is 488. The first-order valence-corrected chi connectivity index (χ1v) is 9.16. The highest BCUT2D eigenvalue weighted by Gasteiger charge is 2.27. The van der Waals surface area contributed by atoms with Crippen molar-refractivity contribution in [1.29, 1.82) is 0 Å². The van der Waals surface area contributed by atoms with Gasteiger partial charge in [0.1, 0.15) is 0 Å². The standard InChI is InChI=1S/C19H32N2O3/c1-3-23-18-6-5-16(13-19(18)24-4-2)17(14-20)15-7-9-21(10-8-15)11-12-22/h5-6,13,15,17,22H,3-4,7-12,14,20H2,1-2H3. The van der Waals surface area contributed by atoms with E-state index in [2.05, 4.69) is 17.0 Å². The molecule has 0 spiro atoms. The fraction of sp³-hybridized carbons (Fsp3) is 0.684. The second kappa shape index (κ2) is 9.87. The maximum atomic E-state index is 9.08. The minimum absolute atomic E-state index is 0.238. The van der Waals surface area contributed by atoms with Crippen LogP contribution in [0.1, 0.15) is 38.2 Å². The van der Waals surface area contributed by atoms with Crippen molar-refractivity contribution in [2.75, 3.05) is 46.0 Å². The molecule has 1 atom stereocenters. The number of aliphatic hydroxyl groups is 1. The van der Waals surface area contributed by atoms with Gasteiger partial charge in [-0.3, -0.25) is 0 Å². The number of hydrogen-bond donors (Lipinski definition) is 2. The molecule has 5 nitrogen and oxygen atoms in total. The first-order chi connectivity index (χ1) is 11.7. The molecule has 5 heteroatoms. The Balaban J connectivity index is 2.11. The normalized spacial score (nSPS) is 17.7. The summed E-state index contributed by atoms with van der Waals surface area (Å²) in [4.78, 5) is 2.33. The summed E-state index contributed by atoms with van der Waals surface area (Å²) in [5.74, 6) is 2.54. The van der Waals surface area contributed by atoms with E-state index < -0.39 is 0 Å². The number of nitrogens with two attached hydrogens (primary N) is 1. The maximum absolute atomic E-state index is 9.08. The van der Waals surface area contributed by atoms with Crippen molar-refractivity contribution in [3.8, 4) is 11.5 Å². The van der Waals surface area contributed by atoms with Gasteiger partial charge in [0, 0.05) is 6.54 Å². The molecule has 136 valence electrons. The molecular weight excluding hydrogens is 304 g/mol. The second-order valence-corrected chi connectivity index (χ2v) is 6.32. The predicted octanol–water partition coefficient (Wildman–Crippen LogP) is 2.23. The van der Waals surface area contributed by atoms with Gasteiger partial charge in [0.2, 0.25) is 0 Å². The number of nitrogens with zero attached hydrogens (tertiary/aromatic N) is 1. The predicted molar refractivity (Wildman–Crippen MR) is 96.8 cm³/mol. The van der Waals surface area contributed by atoms with Crippen LogP contribution in [-0.4, -0.2) is 56.0 Å². The fourth-order valence-corrected chi connectivity index (χ4v) is 3.62. The molecule has 1 aliphatic heterocycles. The molecule has 0 aliphatic carbocycles. The first-order valence-electron chi connectivity index (χ1n) is 9.16. The Kier molecular flexibility index (Phi) is 7.82. The van der Waals surface area contributed by atoms with E-state index in [1.165, 1.54) is 5.56 Å². The number of hydrogen-bond acceptors (Lipinski definition) is 5. The van der Waals surface area contributed by atoms with Crippen LogP contribution in [0, 0.1) is 5.92 Å². The highest BCUT2D eigenvalue weighted by Crippen LogP contribution is 2.36. The molecule has 1 fully saturated rings. The van der Waals surface area contributed by atoms with Crippen molar-refractivity contribution in [3.63, 3.8) is 0 Å². The molecule has 1 unspecified atom stereocenters. The van der Waals surface area contributed by atoms with E-state index in [9.17, 15) is 0 Å². The van der Waals surface area contributed by atoms with E-state index in [0.29, 0.717) is 31.6 Å². The van der Waals surface area contributed by atoms with Crippen molar-refractivity contribution in [3.05, 3.63) is 23.8 Å². The number of ether oxygens (including phenoxy) is 2. The Hall–Kier alpha value is -1.30. The summed E-state index contributed by atoms with van der Waals surface area (Å²) < 4.78 is 11.4. The summed E-state index contributed by atoms with van der Waals surface area (Å²) in [7, 11) is 0. The molecule has 0 aromatic heterocycles. The molecule has 1 saturated heterocycles. The lowest BCUT2D eigenvalue weighted by Crippen LogP contribution is -2.38. The van der Waals surface area contributed by atoms with Crippen LogP contribution >= 0.6 is 0 Å². The minimum atomic E-state index is 0.238. The average Bonchev–Trinajstić information content (AvgIpc) is 2.60. The van der Waals surface area contributed by atoms with Crippen LogP contribution in [-0.2, 0) is 0 Å². The van der Waals surface area contributed by atoms with Crippen LogP contribution in [0.5, 0.6) is 11.5 Å². The van der Waals surface area contributed by atoms with Gasteiger partial charge in [0.15, 0.2) is 11.5 Å². The summed E-state index contributed by atoms with van der Waals surface area (Å²) >= 11 is 0. The average molecular weight is 336 g/mol. The molecule has 2 rings (SSSR count). The van der Waals surface area contributed by atoms with Crippen LogP contribution < -0.4 is 15.2 Å². The van der Waals surface area contributed by atoms with E-state index in [4.69, 9.17) is 20.3 Å². The van der Waals surface area contributed by atoms with E-state index in [0.717, 1.165) is 44.0 Å². The van der Waals surface area contributed by atoms with Crippen LogP contribution in [0.3, 0.4) is 0 Å². The summed E-state index contributed by atoms with van der Waals surface area (Å²) in [5.41, 5.74) is 7.36. The zero-order valence-electron chi connectivity index (χ0n) is 15.0. The van der Waals surface area contributed by atoms with Crippen molar-refractivity contribution in [1.82, 2.24) is 4.90 Å². The van der Waals surface area contributed by atoms with Crippen molar-refractivity contribution < 1.29 is 14.6 Å². The monoisotopic (exact) mass is 336 g/mol. The first kappa shape index (κ1) is 19.0. The SMILES string of the molecule is CCOc1ccc(C(CN)C2CCN(CCO)CC2)cc1OCC. The molecule has 0 saturated carbocycles. The zero-order valence-corrected chi connectivity index (χ0v) is 15.0. The number of rotatable bonds is 9. The lowest BCUT2D eigenvalue weighted by Gasteiger charge is -2.35. The van der Waals surface area contributed by atoms with Gasteiger partial charge >= 0.3 is 0 Å². The van der Waals surface area contributed by atoms with Crippen molar-refractivity contribution in [2.24, 2.45) is 11.7 Å². The molecule has 24 heavy (non-hydrogen) atoms. The Morgan fingerprint density at radius 1 is 1.17 bits per heavy atom. The lowest BCUT2D eigenvalue weighted by molar-refractivity contribution is 0.138. The number of benzene rings is 1. The molecule has 3 N–H and O–H groups in total. The highest BCUT2D eigenvalue weighted by molar-refractivity contribution is 5.44. The van der Waals surface area contributed by atoms with E-state index >= 15 is 0 Å². The van der Waals surface area contributed by atoms with Gasteiger partial charge in [0.05, 0.1) is 19.8 Å². The van der Waals surface area contributed by atoms with Crippen LogP contribution in [0.2, 0.25) is 0 Å². The summed E-state index contributed by atoms with van der Waals surface area (Å²) in [6, 6.07) is 6.24. The molecule has 0 radical (unpaired) electrons. The number of aliphatic hydroxyl groups excluding tert-OH is 1. The minimum Gasteiger partial charge on any atom is -0.490 e. The van der Waals surface area contributed by atoms with Crippen molar-refractivity contribution >= 4 is 0 Å². The molecular formula is C19H32N2O3. The number of piperidine rings is 1. The maximum Gasteiger partial charge on any atom is 0.161 e. The third kappa shape index (κ3) is 4.85. The molecule has 1 heterocycles. The number of β-amino-alcohol motifs (C(OH)–C–C–N with tert-alkyl or cyclic N) is 1. The molecule has 1 aliphatic rings. The van der Waals surface area contributed by atoms with Crippen LogP contribution in [0.25, 0.3) is 0 Å². The van der Waals surface area contributed by atoms with Gasteiger partial charge in [0.25, 0.3) is 0 Å². The molecule has 1 aromatic rings. The molecule has 1 aromatic carbocycles. The molecule has 0 bridgehead atoms. The van der Waals surface area contributed by atoms with Gasteiger partial charge in [-0.1, -0.05) is 6.07 Å². The zero-order chi connectivity index (χ0) is 17.4. The van der Waals surface area contributed by atoms with Crippen LogP contribution in [0.15, 0.2) is 18.2 Å². The fourth-order valence-electron chi connectivity index (χ4n) is 3.62. The third-order valence-electron chi connectivity index (χ3n) is 4.87. The summed E-state index contributed by atoms with van der Waals surface area (Å²) in [5, 5.41) is 9.08. The van der Waals surface area contributed by atoms with Gasteiger partial charge in [-0.2, -0.15) is 0 Å². The smallest absolute Gasteiger partial charge is 0.161 e. The highest BCUT2D eigenvalue weighted by atomic mass is 16.5. The van der Waals surface area contributed by atoms with Gasteiger partial charge in [-0.05, 0) is 75.9 Å².